The fourth-order valence-corrected chi connectivity index (χ4v) is 8.08. The molecule has 0 radical (unpaired) electrons. The van der Waals surface area contributed by atoms with Crippen molar-refractivity contribution >= 4 is 43.6 Å². The third kappa shape index (κ3) is 4.59. The second kappa shape index (κ2) is 12.0. The summed E-state index contributed by atoms with van der Waals surface area (Å²) in [4.78, 5) is 0. The van der Waals surface area contributed by atoms with Crippen LogP contribution in [0.3, 0.4) is 0 Å². The van der Waals surface area contributed by atoms with Crippen LogP contribution in [0.2, 0.25) is 0 Å². The Hall–Kier alpha value is -7.15. The lowest BCUT2D eigenvalue weighted by molar-refractivity contribution is 1.17. The van der Waals surface area contributed by atoms with E-state index in [0.717, 1.165) is 61.0 Å². The number of fused-ring (bicyclic) bond motifs is 6. The highest BCUT2D eigenvalue weighted by Crippen LogP contribution is 2.44. The van der Waals surface area contributed by atoms with Crippen molar-refractivity contribution in [3.8, 4) is 50.8 Å². The number of nitriles is 1. The zero-order chi connectivity index (χ0) is 34.6. The second-order valence-corrected chi connectivity index (χ2v) is 13.2. The summed E-state index contributed by atoms with van der Waals surface area (Å²) in [6, 6.07) is 69.3. The van der Waals surface area contributed by atoms with Crippen LogP contribution in [0.5, 0.6) is 0 Å². The number of nitrogens with zero attached hydrogens (tertiary/aromatic N) is 3. The molecule has 3 heteroatoms. The predicted molar refractivity (Wildman–Crippen MR) is 216 cm³/mol. The van der Waals surface area contributed by atoms with Gasteiger partial charge in [-0.05, 0) is 59.2 Å². The third-order valence-electron chi connectivity index (χ3n) is 10.4. The van der Waals surface area contributed by atoms with Crippen LogP contribution < -0.4 is 0 Å². The topological polar surface area (TPSA) is 33.6 Å². The molecule has 0 amide bonds. The molecule has 0 unspecified atom stereocenters. The zero-order valence-electron chi connectivity index (χ0n) is 28.2. The highest BCUT2D eigenvalue weighted by Gasteiger charge is 2.22. The summed E-state index contributed by atoms with van der Waals surface area (Å²) in [5.74, 6) is 0. The first-order chi connectivity index (χ1) is 25.8. The van der Waals surface area contributed by atoms with Crippen molar-refractivity contribution in [2.75, 3.05) is 0 Å². The molecule has 0 fully saturated rings. The van der Waals surface area contributed by atoms with Gasteiger partial charge in [-0.15, -0.1) is 0 Å². The van der Waals surface area contributed by atoms with E-state index < -0.39 is 0 Å². The molecule has 0 aliphatic heterocycles. The maximum absolute atomic E-state index is 9.83. The van der Waals surface area contributed by atoms with Crippen molar-refractivity contribution in [1.82, 2.24) is 9.13 Å². The number of para-hydroxylation sites is 4. The molecule has 0 aliphatic rings. The number of hydrogen-bond acceptors (Lipinski definition) is 1. The standard InChI is InChI=1S/C49H31N3/c50-32-33-26-29-47-43(30-33)42-20-9-10-23-44(42)51(47)48-31-36(27-28-37(48)34-14-3-1-4-15-34)39-22-13-21-38(35-16-5-2-6-17-35)49(39)52-45-24-11-7-18-40(45)41-19-8-12-25-46(41)52/h1-31H. The predicted octanol–water partition coefficient (Wildman–Crippen LogP) is 12.8. The smallest absolute Gasteiger partial charge is 0.0991 e. The molecular weight excluding hydrogens is 631 g/mol. The van der Waals surface area contributed by atoms with Gasteiger partial charge in [-0.25, -0.2) is 0 Å². The van der Waals surface area contributed by atoms with Crippen LogP contribution in [0.4, 0.5) is 0 Å². The van der Waals surface area contributed by atoms with Gasteiger partial charge in [0.15, 0.2) is 0 Å². The molecule has 0 atom stereocenters. The molecule has 0 spiro atoms. The number of rotatable bonds is 5. The molecule has 3 nitrogen and oxygen atoms in total. The van der Waals surface area contributed by atoms with Gasteiger partial charge in [0.2, 0.25) is 0 Å². The number of hydrogen-bond donors (Lipinski definition) is 0. The minimum atomic E-state index is 0.654. The van der Waals surface area contributed by atoms with Crippen LogP contribution in [0.25, 0.3) is 88.4 Å². The number of benzene rings is 8. The van der Waals surface area contributed by atoms with Gasteiger partial charge in [0, 0.05) is 38.2 Å². The van der Waals surface area contributed by atoms with E-state index in [2.05, 4.69) is 191 Å². The summed E-state index contributed by atoms with van der Waals surface area (Å²) in [6.45, 7) is 0. The Morgan fingerprint density at radius 2 is 0.846 bits per heavy atom. The quantitative estimate of drug-likeness (QED) is 0.181. The van der Waals surface area contributed by atoms with E-state index >= 15 is 0 Å². The molecule has 2 heterocycles. The van der Waals surface area contributed by atoms with Crippen LogP contribution in [0, 0.1) is 11.3 Å². The summed E-state index contributed by atoms with van der Waals surface area (Å²) < 4.78 is 4.83. The Morgan fingerprint density at radius 3 is 1.46 bits per heavy atom. The van der Waals surface area contributed by atoms with Gasteiger partial charge in [-0.1, -0.05) is 146 Å². The zero-order valence-corrected chi connectivity index (χ0v) is 28.2. The van der Waals surface area contributed by atoms with E-state index in [9.17, 15) is 5.26 Å². The molecule has 10 aromatic rings. The van der Waals surface area contributed by atoms with E-state index in [4.69, 9.17) is 0 Å². The highest BCUT2D eigenvalue weighted by molar-refractivity contribution is 6.12. The Morgan fingerprint density at radius 1 is 0.346 bits per heavy atom. The first-order valence-corrected chi connectivity index (χ1v) is 17.6. The first-order valence-electron chi connectivity index (χ1n) is 17.6. The summed E-state index contributed by atoms with van der Waals surface area (Å²) in [7, 11) is 0. The lowest BCUT2D eigenvalue weighted by atomic mass is 9.93. The molecular formula is C49H31N3. The SMILES string of the molecule is N#Cc1ccc2c(c1)c1ccccc1n2-c1cc(-c2cccc(-c3ccccc3)c2-n2c3ccccc3c3ccccc32)ccc1-c1ccccc1. The van der Waals surface area contributed by atoms with E-state index in [1.165, 1.54) is 27.4 Å². The minimum absolute atomic E-state index is 0.654. The van der Waals surface area contributed by atoms with Gasteiger partial charge >= 0.3 is 0 Å². The Bertz CT molecular complexity index is 2960. The average Bonchev–Trinajstić information content (AvgIpc) is 3.73. The highest BCUT2D eigenvalue weighted by atomic mass is 15.0. The monoisotopic (exact) mass is 661 g/mol. The third-order valence-corrected chi connectivity index (χ3v) is 10.4. The lowest BCUT2D eigenvalue weighted by Gasteiger charge is -2.21. The van der Waals surface area contributed by atoms with Crippen LogP contribution >= 0.6 is 0 Å². The van der Waals surface area contributed by atoms with E-state index in [1.54, 1.807) is 0 Å². The summed E-state index contributed by atoms with van der Waals surface area (Å²) in [6.07, 6.45) is 0. The molecule has 0 aliphatic carbocycles. The molecule has 8 aromatic carbocycles. The first kappa shape index (κ1) is 29.7. The molecule has 2 aromatic heterocycles. The second-order valence-electron chi connectivity index (χ2n) is 13.2. The molecule has 0 bridgehead atoms. The van der Waals surface area contributed by atoms with Gasteiger partial charge in [0.1, 0.15) is 0 Å². The van der Waals surface area contributed by atoms with Gasteiger partial charge in [0.25, 0.3) is 0 Å². The van der Waals surface area contributed by atoms with E-state index in [0.29, 0.717) is 5.56 Å². The average molecular weight is 662 g/mol. The summed E-state index contributed by atoms with van der Waals surface area (Å²) in [5, 5.41) is 14.5. The van der Waals surface area contributed by atoms with Gasteiger partial charge in [-0.3, -0.25) is 0 Å². The fourth-order valence-electron chi connectivity index (χ4n) is 8.08. The van der Waals surface area contributed by atoms with Crippen molar-refractivity contribution in [2.24, 2.45) is 0 Å². The van der Waals surface area contributed by atoms with Gasteiger partial charge in [0.05, 0.1) is 45.1 Å². The normalized spacial score (nSPS) is 11.4. The van der Waals surface area contributed by atoms with Crippen molar-refractivity contribution < 1.29 is 0 Å². The molecule has 10 rings (SSSR count). The molecule has 52 heavy (non-hydrogen) atoms. The summed E-state index contributed by atoms with van der Waals surface area (Å²) in [5.41, 5.74) is 14.2. The van der Waals surface area contributed by atoms with Crippen LogP contribution in [-0.2, 0) is 0 Å². The summed E-state index contributed by atoms with van der Waals surface area (Å²) >= 11 is 0. The molecule has 242 valence electrons. The van der Waals surface area contributed by atoms with E-state index in [-0.39, 0.29) is 0 Å². The van der Waals surface area contributed by atoms with E-state index in [1.807, 2.05) is 12.1 Å². The lowest BCUT2D eigenvalue weighted by Crippen LogP contribution is -2.02. The van der Waals surface area contributed by atoms with Gasteiger partial charge < -0.3 is 9.13 Å². The number of aromatic nitrogens is 2. The van der Waals surface area contributed by atoms with Crippen molar-refractivity contribution in [3.63, 3.8) is 0 Å². The van der Waals surface area contributed by atoms with Crippen LogP contribution in [0.1, 0.15) is 5.56 Å². The molecule has 0 N–H and O–H groups in total. The minimum Gasteiger partial charge on any atom is -0.309 e. The maximum atomic E-state index is 9.83. The Balaban J connectivity index is 1.33. The largest absolute Gasteiger partial charge is 0.309 e. The maximum Gasteiger partial charge on any atom is 0.0991 e. The van der Waals surface area contributed by atoms with Crippen LogP contribution in [0.15, 0.2) is 188 Å². The van der Waals surface area contributed by atoms with Gasteiger partial charge in [-0.2, -0.15) is 5.26 Å². The van der Waals surface area contributed by atoms with Crippen molar-refractivity contribution in [2.45, 2.75) is 0 Å². The Kier molecular flexibility index (Phi) is 6.87. The van der Waals surface area contributed by atoms with Crippen molar-refractivity contribution in [3.05, 3.63) is 194 Å². The molecule has 0 saturated heterocycles. The fraction of sp³-hybridized carbons (Fsp3) is 0. The molecule has 0 saturated carbocycles. The van der Waals surface area contributed by atoms with Crippen molar-refractivity contribution in [1.29, 1.82) is 5.26 Å². The Labute approximate surface area is 301 Å². The van der Waals surface area contributed by atoms with Crippen LogP contribution in [-0.4, -0.2) is 9.13 Å².